The van der Waals surface area contributed by atoms with Crippen LogP contribution in [0.4, 0.5) is 0 Å². The van der Waals surface area contributed by atoms with Gasteiger partial charge in [0.05, 0.1) is 26.4 Å². The van der Waals surface area contributed by atoms with E-state index in [-0.39, 0.29) is 25.7 Å². The highest BCUT2D eigenvalue weighted by atomic mass is 31.2. The van der Waals surface area contributed by atoms with Crippen LogP contribution in [0, 0.1) is 5.92 Å². The van der Waals surface area contributed by atoms with Crippen LogP contribution < -0.4 is 0 Å². The van der Waals surface area contributed by atoms with E-state index >= 15 is 0 Å². The molecule has 0 heterocycles. The third-order valence-corrected chi connectivity index (χ3v) is 19.4. The zero-order valence-corrected chi connectivity index (χ0v) is 63.1. The summed E-state index contributed by atoms with van der Waals surface area (Å²) in [5, 5.41) is 10.6. The first kappa shape index (κ1) is 92.5. The highest BCUT2D eigenvalue weighted by Crippen LogP contribution is 2.45. The first-order chi connectivity index (χ1) is 46.1. The number of esters is 4. The van der Waals surface area contributed by atoms with E-state index in [1.165, 1.54) is 180 Å². The fraction of sp³-hybridized carbons (Fsp3) is 0.895. The van der Waals surface area contributed by atoms with Crippen molar-refractivity contribution in [1.29, 1.82) is 0 Å². The lowest BCUT2D eigenvalue weighted by atomic mass is 9.99. The van der Waals surface area contributed by atoms with Crippen molar-refractivity contribution in [3.8, 4) is 0 Å². The van der Waals surface area contributed by atoms with E-state index in [2.05, 4.69) is 58.9 Å². The zero-order chi connectivity index (χ0) is 69.8. The molecule has 3 unspecified atom stereocenters. The van der Waals surface area contributed by atoms with Crippen molar-refractivity contribution < 1.29 is 80.2 Å². The molecule has 95 heavy (non-hydrogen) atoms. The lowest BCUT2D eigenvalue weighted by molar-refractivity contribution is -0.161. The number of aliphatic hydroxyl groups excluding tert-OH is 1. The van der Waals surface area contributed by atoms with Gasteiger partial charge in [-0.25, -0.2) is 9.13 Å². The molecule has 17 nitrogen and oxygen atoms in total. The van der Waals surface area contributed by atoms with E-state index in [4.69, 9.17) is 37.0 Å². The second kappa shape index (κ2) is 68.7. The van der Waals surface area contributed by atoms with Crippen molar-refractivity contribution >= 4 is 39.5 Å². The Morgan fingerprint density at radius 3 is 0.895 bits per heavy atom. The van der Waals surface area contributed by atoms with Crippen LogP contribution in [0.25, 0.3) is 0 Å². The van der Waals surface area contributed by atoms with E-state index in [1.807, 2.05) is 0 Å². The molecular formula is C76H144O17P2. The summed E-state index contributed by atoms with van der Waals surface area (Å²) in [6.45, 7) is 7.19. The number of hydrogen-bond acceptors (Lipinski definition) is 15. The number of carbonyl (C=O) groups is 4. The van der Waals surface area contributed by atoms with Gasteiger partial charge in [-0.2, -0.15) is 0 Å². The van der Waals surface area contributed by atoms with Gasteiger partial charge < -0.3 is 33.8 Å². The SMILES string of the molecule is CCCCCC/C=C\C=C/CCCCCCCC(=O)O[C@H](COC(=O)CCCCCCC)COP(=O)(O)OC[C@H](O)COP(=O)(O)OC[C@@H](COC(=O)CCCCCCCCCCCCCCCCCCC)OC(=O)CCCCCCCCCCCCCCCCC(C)CC. The smallest absolute Gasteiger partial charge is 0.462 e. The van der Waals surface area contributed by atoms with E-state index in [0.717, 1.165) is 115 Å². The summed E-state index contributed by atoms with van der Waals surface area (Å²) in [6, 6.07) is 0. The highest BCUT2D eigenvalue weighted by molar-refractivity contribution is 7.47. The third kappa shape index (κ3) is 68.5. The molecule has 6 atom stereocenters. The molecule has 3 N–H and O–H groups in total. The average molecular weight is 1390 g/mol. The van der Waals surface area contributed by atoms with Crippen LogP contribution >= 0.6 is 15.6 Å². The Hall–Kier alpha value is -2.46. The van der Waals surface area contributed by atoms with Gasteiger partial charge in [-0.05, 0) is 57.3 Å². The molecule has 0 aliphatic carbocycles. The lowest BCUT2D eigenvalue weighted by Gasteiger charge is -2.21. The van der Waals surface area contributed by atoms with Crippen LogP contribution in [-0.2, 0) is 65.4 Å². The van der Waals surface area contributed by atoms with Crippen molar-refractivity contribution in [2.45, 2.75) is 393 Å². The lowest BCUT2D eigenvalue weighted by Crippen LogP contribution is -2.30. The molecule has 0 aromatic carbocycles. The summed E-state index contributed by atoms with van der Waals surface area (Å²) in [4.78, 5) is 72.5. The number of unbranched alkanes of at least 4 members (excludes halogenated alkanes) is 42. The molecule has 0 aliphatic rings. The Morgan fingerprint density at radius 2 is 0.589 bits per heavy atom. The zero-order valence-electron chi connectivity index (χ0n) is 61.3. The number of carbonyl (C=O) groups excluding carboxylic acids is 4. The second-order valence-electron chi connectivity index (χ2n) is 26.9. The summed E-state index contributed by atoms with van der Waals surface area (Å²) in [6.07, 6.45) is 60.8. The number of allylic oxidation sites excluding steroid dienone is 4. The van der Waals surface area contributed by atoms with Crippen LogP contribution in [0.1, 0.15) is 375 Å². The van der Waals surface area contributed by atoms with Crippen LogP contribution in [0.3, 0.4) is 0 Å². The number of phosphoric acid groups is 2. The van der Waals surface area contributed by atoms with Crippen LogP contribution in [0.2, 0.25) is 0 Å². The van der Waals surface area contributed by atoms with Gasteiger partial charge in [0.1, 0.15) is 19.3 Å². The molecule has 560 valence electrons. The minimum Gasteiger partial charge on any atom is -0.462 e. The first-order valence-electron chi connectivity index (χ1n) is 39.0. The van der Waals surface area contributed by atoms with Crippen molar-refractivity contribution in [1.82, 2.24) is 0 Å². The number of phosphoric ester groups is 2. The van der Waals surface area contributed by atoms with Crippen LogP contribution in [0.5, 0.6) is 0 Å². The van der Waals surface area contributed by atoms with E-state index in [0.29, 0.717) is 25.7 Å². The molecule has 0 bridgehead atoms. The van der Waals surface area contributed by atoms with E-state index < -0.39 is 97.5 Å². The summed E-state index contributed by atoms with van der Waals surface area (Å²) in [5.41, 5.74) is 0. The first-order valence-corrected chi connectivity index (χ1v) is 42.0. The van der Waals surface area contributed by atoms with Gasteiger partial charge in [0, 0.05) is 25.7 Å². The Labute approximate surface area is 580 Å². The minimum atomic E-state index is -4.96. The van der Waals surface area contributed by atoms with E-state index in [1.54, 1.807) is 0 Å². The molecule has 0 aromatic rings. The largest absolute Gasteiger partial charge is 0.472 e. The van der Waals surface area contributed by atoms with Crippen molar-refractivity contribution in [2.24, 2.45) is 5.92 Å². The summed E-state index contributed by atoms with van der Waals surface area (Å²) in [5.74, 6) is -1.31. The molecule has 0 amide bonds. The molecule has 0 spiro atoms. The number of rotatable bonds is 74. The predicted molar refractivity (Wildman–Crippen MR) is 386 cm³/mol. The van der Waals surface area contributed by atoms with Crippen LogP contribution in [-0.4, -0.2) is 96.7 Å². The number of ether oxygens (including phenoxy) is 4. The molecule has 19 heteroatoms. The monoisotopic (exact) mass is 1390 g/mol. The maximum atomic E-state index is 13.1. The summed E-state index contributed by atoms with van der Waals surface area (Å²) in [7, 11) is -9.91. The fourth-order valence-electron chi connectivity index (χ4n) is 11.1. The van der Waals surface area contributed by atoms with Gasteiger partial charge in [0.25, 0.3) is 0 Å². The molecule has 0 radical (unpaired) electrons. The van der Waals surface area contributed by atoms with Gasteiger partial charge >= 0.3 is 39.5 Å². The van der Waals surface area contributed by atoms with E-state index in [9.17, 15) is 43.2 Å². The highest BCUT2D eigenvalue weighted by Gasteiger charge is 2.30. The predicted octanol–water partition coefficient (Wildman–Crippen LogP) is 22.0. The van der Waals surface area contributed by atoms with Gasteiger partial charge in [-0.3, -0.25) is 37.3 Å². The second-order valence-corrected chi connectivity index (χ2v) is 29.9. The summed E-state index contributed by atoms with van der Waals surface area (Å²) < 4.78 is 68.3. The average Bonchev–Trinajstić information content (AvgIpc) is 2.53. The Morgan fingerprint density at radius 1 is 0.337 bits per heavy atom. The maximum Gasteiger partial charge on any atom is 0.472 e. The number of hydrogen-bond donors (Lipinski definition) is 3. The molecule has 0 saturated heterocycles. The Kier molecular flexibility index (Phi) is 66.9. The van der Waals surface area contributed by atoms with Crippen molar-refractivity contribution in [3.63, 3.8) is 0 Å². The maximum absolute atomic E-state index is 13.1. The van der Waals surface area contributed by atoms with Gasteiger partial charge in [0.2, 0.25) is 0 Å². The quantitative estimate of drug-likeness (QED) is 0.0169. The Balaban J connectivity index is 5.18. The molecular weight excluding hydrogens is 1250 g/mol. The molecule has 0 fully saturated rings. The Bertz CT molecular complexity index is 1920. The third-order valence-electron chi connectivity index (χ3n) is 17.5. The molecule has 0 aromatic heterocycles. The van der Waals surface area contributed by atoms with Crippen LogP contribution in [0.15, 0.2) is 24.3 Å². The van der Waals surface area contributed by atoms with Gasteiger partial charge in [-0.15, -0.1) is 0 Å². The minimum absolute atomic E-state index is 0.0843. The fourth-order valence-corrected chi connectivity index (χ4v) is 12.7. The summed E-state index contributed by atoms with van der Waals surface area (Å²) >= 11 is 0. The normalized spacial score (nSPS) is 14.4. The molecule has 0 aliphatic heterocycles. The standard InChI is InChI=1S/C76H144O17P2/c1-6-10-13-16-18-20-22-24-26-27-29-33-37-41-45-50-55-60-74(79)87-66-72(93-76(81)62-57-52-47-43-39-35-31-30-32-36-40-44-49-53-58-69(5)9-4)68-91-95(84,85)89-64-70(77)63-88-94(82,83)90-67-71(65-86-73(78)59-54-48-15-12-8-3)92-75(80)61-56-51-46-42-38-34-28-25-23-21-19-17-14-11-7-2/h21,23,25,28,69-72,77H,6-20,22,24,26-27,29-68H2,1-5H3,(H,82,83)(H,84,85)/b23-21-,28-25-/t69?,70-,71+,72+/m0/s1. The molecule has 0 saturated carbocycles. The number of aliphatic hydroxyl groups is 1. The van der Waals surface area contributed by atoms with Gasteiger partial charge in [0.15, 0.2) is 12.2 Å². The van der Waals surface area contributed by atoms with Crippen molar-refractivity contribution in [3.05, 3.63) is 24.3 Å². The van der Waals surface area contributed by atoms with Gasteiger partial charge in [-0.1, -0.05) is 322 Å². The van der Waals surface area contributed by atoms with Crippen molar-refractivity contribution in [2.75, 3.05) is 39.6 Å². The molecule has 0 rings (SSSR count). The topological polar surface area (TPSA) is 237 Å².